The molecular formula is C10H18N2. The zero-order chi connectivity index (χ0) is 9.19. The maximum Gasteiger partial charge on any atom is 0.0625 e. The minimum atomic E-state index is 0.339. The van der Waals surface area contributed by atoms with Crippen LogP contribution >= 0.6 is 0 Å². The minimum absolute atomic E-state index is 0.339. The average molecular weight is 166 g/mol. The maximum absolute atomic E-state index is 8.57. The quantitative estimate of drug-likeness (QED) is 0.596. The molecule has 0 aromatic heterocycles. The van der Waals surface area contributed by atoms with Crippen molar-refractivity contribution in [1.29, 1.82) is 5.26 Å². The van der Waals surface area contributed by atoms with E-state index < -0.39 is 0 Å². The predicted molar refractivity (Wildman–Crippen MR) is 49.7 cm³/mol. The van der Waals surface area contributed by atoms with Gasteiger partial charge >= 0.3 is 0 Å². The van der Waals surface area contributed by atoms with E-state index >= 15 is 0 Å². The summed E-state index contributed by atoms with van der Waals surface area (Å²) in [5.74, 6) is 0.605. The summed E-state index contributed by atoms with van der Waals surface area (Å²) >= 11 is 0. The number of nitriles is 1. The van der Waals surface area contributed by atoms with E-state index in [4.69, 9.17) is 5.26 Å². The summed E-state index contributed by atoms with van der Waals surface area (Å²) in [4.78, 5) is 2.37. The van der Waals surface area contributed by atoms with Gasteiger partial charge in [-0.1, -0.05) is 0 Å². The van der Waals surface area contributed by atoms with Crippen molar-refractivity contribution in [2.24, 2.45) is 5.92 Å². The number of piperidine rings is 1. The fraction of sp³-hybridized carbons (Fsp3) is 0.900. The molecule has 1 saturated heterocycles. The van der Waals surface area contributed by atoms with Crippen LogP contribution in [-0.2, 0) is 0 Å². The first-order chi connectivity index (χ1) is 5.56. The highest BCUT2D eigenvalue weighted by molar-refractivity contribution is 4.89. The molecule has 12 heavy (non-hydrogen) atoms. The third kappa shape index (κ3) is 1.98. The molecule has 0 aromatic rings. The van der Waals surface area contributed by atoms with Crippen LogP contribution in [0.1, 0.15) is 33.1 Å². The van der Waals surface area contributed by atoms with Gasteiger partial charge in [0.05, 0.1) is 6.07 Å². The van der Waals surface area contributed by atoms with E-state index in [1.807, 2.05) is 0 Å². The third-order valence-corrected chi connectivity index (χ3v) is 3.11. The van der Waals surface area contributed by atoms with Gasteiger partial charge in [-0.3, -0.25) is 0 Å². The molecule has 68 valence electrons. The summed E-state index contributed by atoms with van der Waals surface area (Å²) in [5, 5.41) is 8.57. The second kappa shape index (κ2) is 3.45. The molecule has 2 nitrogen and oxygen atoms in total. The second-order valence-electron chi connectivity index (χ2n) is 4.46. The van der Waals surface area contributed by atoms with Crippen LogP contribution < -0.4 is 0 Å². The van der Waals surface area contributed by atoms with E-state index in [2.05, 4.69) is 31.9 Å². The molecule has 0 N–H and O–H groups in total. The summed E-state index contributed by atoms with van der Waals surface area (Å²) in [6.45, 7) is 5.63. The van der Waals surface area contributed by atoms with Gasteiger partial charge in [0.15, 0.2) is 0 Å². The molecule has 1 heterocycles. The fourth-order valence-electron chi connectivity index (χ4n) is 1.77. The third-order valence-electron chi connectivity index (χ3n) is 3.11. The summed E-state index contributed by atoms with van der Waals surface area (Å²) in [6, 6.07) is 2.26. The van der Waals surface area contributed by atoms with Gasteiger partial charge in [0.1, 0.15) is 0 Å². The van der Waals surface area contributed by atoms with Gasteiger partial charge in [0.2, 0.25) is 0 Å². The van der Waals surface area contributed by atoms with E-state index in [1.54, 1.807) is 0 Å². The zero-order valence-electron chi connectivity index (χ0n) is 8.30. The molecule has 0 spiro atoms. The molecule has 0 aliphatic carbocycles. The van der Waals surface area contributed by atoms with Gasteiger partial charge in [-0.25, -0.2) is 0 Å². The Balaban J connectivity index is 2.48. The Morgan fingerprint density at radius 2 is 2.25 bits per heavy atom. The highest BCUT2D eigenvalue weighted by Crippen LogP contribution is 2.30. The molecule has 0 bridgehead atoms. The average Bonchev–Trinajstić information content (AvgIpc) is 1.98. The molecule has 1 aliphatic heterocycles. The van der Waals surface area contributed by atoms with Crippen LogP contribution in [0.25, 0.3) is 0 Å². The van der Waals surface area contributed by atoms with E-state index in [-0.39, 0.29) is 0 Å². The summed E-state index contributed by atoms with van der Waals surface area (Å²) in [7, 11) is 2.16. The van der Waals surface area contributed by atoms with Crippen molar-refractivity contribution in [2.75, 3.05) is 13.6 Å². The first-order valence-corrected chi connectivity index (χ1v) is 4.64. The van der Waals surface area contributed by atoms with Gasteiger partial charge < -0.3 is 4.90 Å². The Morgan fingerprint density at radius 1 is 1.58 bits per heavy atom. The smallest absolute Gasteiger partial charge is 0.0625 e. The summed E-state index contributed by atoms with van der Waals surface area (Å²) in [6.07, 6.45) is 3.15. The lowest BCUT2D eigenvalue weighted by Gasteiger charge is -2.42. The van der Waals surface area contributed by atoms with Gasteiger partial charge in [-0.15, -0.1) is 0 Å². The second-order valence-corrected chi connectivity index (χ2v) is 4.46. The lowest BCUT2D eigenvalue weighted by molar-refractivity contribution is 0.0731. The molecule has 0 radical (unpaired) electrons. The van der Waals surface area contributed by atoms with Gasteiger partial charge in [-0.2, -0.15) is 5.26 Å². The van der Waals surface area contributed by atoms with Crippen LogP contribution in [0.15, 0.2) is 0 Å². The standard InChI is InChI=1S/C10H18N2/c1-10(2)6-4-9(5-7-11)8-12(10)3/h9H,4-6,8H2,1-3H3. The monoisotopic (exact) mass is 166 g/mol. The van der Waals surface area contributed by atoms with E-state index in [0.29, 0.717) is 11.5 Å². The number of rotatable bonds is 1. The summed E-state index contributed by atoms with van der Waals surface area (Å²) in [5.41, 5.74) is 0.339. The van der Waals surface area contributed by atoms with Crippen molar-refractivity contribution >= 4 is 0 Å². The molecule has 1 aliphatic rings. The Labute approximate surface area is 75.2 Å². The van der Waals surface area contributed by atoms with Crippen LogP contribution in [-0.4, -0.2) is 24.0 Å². The Morgan fingerprint density at radius 3 is 2.75 bits per heavy atom. The highest BCUT2D eigenvalue weighted by Gasteiger charge is 2.30. The fourth-order valence-corrected chi connectivity index (χ4v) is 1.77. The summed E-state index contributed by atoms with van der Waals surface area (Å²) < 4.78 is 0. The van der Waals surface area contributed by atoms with Crippen LogP contribution in [0, 0.1) is 17.2 Å². The Hall–Kier alpha value is -0.550. The predicted octanol–water partition coefficient (Wildman–Crippen LogP) is 2.02. The molecule has 1 fully saturated rings. The zero-order valence-corrected chi connectivity index (χ0v) is 8.30. The van der Waals surface area contributed by atoms with Crippen molar-refractivity contribution in [2.45, 2.75) is 38.6 Å². The van der Waals surface area contributed by atoms with Crippen LogP contribution in [0.2, 0.25) is 0 Å². The Kier molecular flexibility index (Phi) is 2.74. The molecule has 1 rings (SSSR count). The van der Waals surface area contributed by atoms with Crippen LogP contribution in [0.3, 0.4) is 0 Å². The lowest BCUT2D eigenvalue weighted by Crippen LogP contribution is -2.47. The molecule has 1 unspecified atom stereocenters. The van der Waals surface area contributed by atoms with Gasteiger partial charge in [0.25, 0.3) is 0 Å². The first kappa shape index (κ1) is 9.54. The topological polar surface area (TPSA) is 27.0 Å². The van der Waals surface area contributed by atoms with Crippen molar-refractivity contribution in [3.63, 3.8) is 0 Å². The molecule has 0 saturated carbocycles. The van der Waals surface area contributed by atoms with Crippen molar-refractivity contribution < 1.29 is 0 Å². The lowest BCUT2D eigenvalue weighted by atomic mass is 9.84. The number of hydrogen-bond acceptors (Lipinski definition) is 2. The highest BCUT2D eigenvalue weighted by atomic mass is 15.2. The minimum Gasteiger partial charge on any atom is -0.301 e. The van der Waals surface area contributed by atoms with Gasteiger partial charge in [-0.05, 0) is 39.7 Å². The molecular weight excluding hydrogens is 148 g/mol. The molecule has 2 heteroatoms. The van der Waals surface area contributed by atoms with Crippen LogP contribution in [0.4, 0.5) is 0 Å². The largest absolute Gasteiger partial charge is 0.301 e. The van der Waals surface area contributed by atoms with Gasteiger partial charge in [0, 0.05) is 18.5 Å². The number of likely N-dealkylation sites (tertiary alicyclic amines) is 1. The van der Waals surface area contributed by atoms with E-state index in [1.165, 1.54) is 12.8 Å². The molecule has 0 amide bonds. The van der Waals surface area contributed by atoms with E-state index in [9.17, 15) is 0 Å². The number of nitrogens with zero attached hydrogens (tertiary/aromatic N) is 2. The molecule has 0 aromatic carbocycles. The SMILES string of the molecule is CN1CC(CC#N)CCC1(C)C. The van der Waals surface area contributed by atoms with Crippen molar-refractivity contribution in [3.8, 4) is 6.07 Å². The van der Waals surface area contributed by atoms with E-state index in [0.717, 1.165) is 13.0 Å². The maximum atomic E-state index is 8.57. The molecule has 1 atom stereocenters. The van der Waals surface area contributed by atoms with Crippen molar-refractivity contribution in [1.82, 2.24) is 4.90 Å². The Bertz CT molecular complexity index is 191. The number of hydrogen-bond donors (Lipinski definition) is 0. The normalized spacial score (nSPS) is 29.7. The van der Waals surface area contributed by atoms with Crippen LogP contribution in [0.5, 0.6) is 0 Å². The first-order valence-electron chi connectivity index (χ1n) is 4.64. The van der Waals surface area contributed by atoms with Crippen molar-refractivity contribution in [3.05, 3.63) is 0 Å².